The number of H-pyrrole nitrogens is 1. The van der Waals surface area contributed by atoms with Gasteiger partial charge in [0.1, 0.15) is 17.1 Å². The highest BCUT2D eigenvalue weighted by molar-refractivity contribution is 5.75. The Hall–Kier alpha value is -2.67. The minimum atomic E-state index is -0.614. The number of nitriles is 1. The fraction of sp³-hybridized carbons (Fsp3) is 0.176. The first-order valence-corrected chi connectivity index (χ1v) is 6.85. The summed E-state index contributed by atoms with van der Waals surface area (Å²) < 4.78 is 13.0. The fourth-order valence-corrected chi connectivity index (χ4v) is 2.96. The summed E-state index contributed by atoms with van der Waals surface area (Å²) in [5, 5.41) is 9.64. The molecule has 3 aromatic rings. The summed E-state index contributed by atoms with van der Waals surface area (Å²) in [5.41, 5.74) is 2.17. The van der Waals surface area contributed by atoms with Crippen LogP contribution in [0, 0.1) is 17.1 Å². The zero-order valence-corrected chi connectivity index (χ0v) is 11.2. The zero-order valence-electron chi connectivity index (χ0n) is 11.2. The summed E-state index contributed by atoms with van der Waals surface area (Å²) in [7, 11) is 0. The first kappa shape index (κ1) is 12.1. The number of nitrogens with one attached hydrogen (secondary N) is 1. The predicted molar refractivity (Wildman–Crippen MR) is 77.1 cm³/mol. The third kappa shape index (κ3) is 1.74. The van der Waals surface area contributed by atoms with Crippen molar-refractivity contribution in [1.29, 1.82) is 5.26 Å². The summed E-state index contributed by atoms with van der Waals surface area (Å²) in [6, 6.07) is 16.5. The second kappa shape index (κ2) is 4.16. The molecule has 21 heavy (non-hydrogen) atoms. The highest BCUT2D eigenvalue weighted by atomic mass is 19.1. The fourth-order valence-electron chi connectivity index (χ4n) is 2.96. The smallest absolute Gasteiger partial charge is 0.128 e. The second-order valence-electron chi connectivity index (χ2n) is 5.49. The number of hydrogen-bond donors (Lipinski definition) is 1. The van der Waals surface area contributed by atoms with Crippen LogP contribution in [0.25, 0.3) is 11.0 Å². The number of imidazole rings is 1. The minimum Gasteiger partial charge on any atom is -0.341 e. The molecule has 0 radical (unpaired) electrons. The van der Waals surface area contributed by atoms with Crippen molar-refractivity contribution in [3.8, 4) is 6.07 Å². The normalized spacial score (nSPS) is 23.9. The molecule has 1 saturated carbocycles. The van der Waals surface area contributed by atoms with Gasteiger partial charge >= 0.3 is 0 Å². The largest absolute Gasteiger partial charge is 0.341 e. The van der Waals surface area contributed by atoms with Gasteiger partial charge in [-0.3, -0.25) is 0 Å². The van der Waals surface area contributed by atoms with Gasteiger partial charge in [0.2, 0.25) is 0 Å². The number of benzene rings is 2. The van der Waals surface area contributed by atoms with Gasteiger partial charge in [-0.15, -0.1) is 0 Å². The van der Waals surface area contributed by atoms with E-state index in [-0.39, 0.29) is 11.7 Å². The standard InChI is InChI=1S/C17H12FN3/c18-12-7-5-11(6-8-12)13-9-17(13,10-19)16-20-14-3-1-2-4-15(14)21-16/h1-8,13H,9H2,(H,20,21). The Kier molecular flexibility index (Phi) is 2.40. The topological polar surface area (TPSA) is 52.5 Å². The molecule has 102 valence electrons. The molecule has 2 aromatic carbocycles. The van der Waals surface area contributed by atoms with Gasteiger partial charge in [-0.1, -0.05) is 24.3 Å². The molecule has 1 fully saturated rings. The van der Waals surface area contributed by atoms with Crippen molar-refractivity contribution in [2.45, 2.75) is 17.8 Å². The maximum absolute atomic E-state index is 13.0. The van der Waals surface area contributed by atoms with E-state index in [1.807, 2.05) is 24.3 Å². The van der Waals surface area contributed by atoms with Crippen LogP contribution in [0.1, 0.15) is 23.7 Å². The number of para-hydroxylation sites is 2. The van der Waals surface area contributed by atoms with Crippen molar-refractivity contribution < 1.29 is 4.39 Å². The van der Waals surface area contributed by atoms with Crippen LogP contribution in [0.5, 0.6) is 0 Å². The summed E-state index contributed by atoms with van der Waals surface area (Å²) in [4.78, 5) is 7.81. The maximum Gasteiger partial charge on any atom is 0.128 e. The van der Waals surface area contributed by atoms with E-state index in [4.69, 9.17) is 0 Å². The lowest BCUT2D eigenvalue weighted by Crippen LogP contribution is -2.08. The molecule has 1 N–H and O–H groups in total. The van der Waals surface area contributed by atoms with Crippen molar-refractivity contribution in [3.63, 3.8) is 0 Å². The van der Waals surface area contributed by atoms with Crippen LogP contribution in [-0.2, 0) is 5.41 Å². The molecule has 1 aliphatic carbocycles. The first-order valence-electron chi connectivity index (χ1n) is 6.85. The van der Waals surface area contributed by atoms with Gasteiger partial charge in [-0.25, -0.2) is 9.37 Å². The minimum absolute atomic E-state index is 0.0728. The number of aromatic nitrogens is 2. The van der Waals surface area contributed by atoms with Crippen LogP contribution < -0.4 is 0 Å². The highest BCUT2D eigenvalue weighted by Crippen LogP contribution is 2.59. The van der Waals surface area contributed by atoms with Gasteiger partial charge in [0.25, 0.3) is 0 Å². The van der Waals surface area contributed by atoms with Crippen LogP contribution >= 0.6 is 0 Å². The Bertz CT molecular complexity index is 827. The molecule has 4 heteroatoms. The lowest BCUT2D eigenvalue weighted by molar-refractivity contribution is 0.626. The molecule has 0 spiro atoms. The molecule has 0 saturated heterocycles. The molecule has 0 aliphatic heterocycles. The number of nitrogens with zero attached hydrogens (tertiary/aromatic N) is 2. The average molecular weight is 277 g/mol. The Labute approximate surface area is 121 Å². The van der Waals surface area contributed by atoms with Crippen molar-refractivity contribution in [2.24, 2.45) is 0 Å². The average Bonchev–Trinajstić information content (AvgIpc) is 3.10. The van der Waals surface area contributed by atoms with E-state index in [0.717, 1.165) is 23.0 Å². The van der Waals surface area contributed by atoms with Crippen LogP contribution in [0.4, 0.5) is 4.39 Å². The van der Waals surface area contributed by atoms with Gasteiger partial charge in [0.05, 0.1) is 17.1 Å². The van der Waals surface area contributed by atoms with Gasteiger partial charge in [-0.2, -0.15) is 5.26 Å². The molecule has 1 aliphatic rings. The SMILES string of the molecule is N#CC1(c2nc3ccccc3[nH]2)CC1c1ccc(F)cc1. The Morgan fingerprint density at radius 1 is 1.19 bits per heavy atom. The molecule has 3 nitrogen and oxygen atoms in total. The molecule has 1 heterocycles. The van der Waals surface area contributed by atoms with Crippen molar-refractivity contribution >= 4 is 11.0 Å². The summed E-state index contributed by atoms with van der Waals surface area (Å²) in [5.74, 6) is 0.523. The quantitative estimate of drug-likeness (QED) is 0.777. The molecular formula is C17H12FN3. The van der Waals surface area contributed by atoms with E-state index >= 15 is 0 Å². The van der Waals surface area contributed by atoms with Gasteiger partial charge in [0.15, 0.2) is 0 Å². The first-order chi connectivity index (χ1) is 10.2. The molecule has 0 amide bonds. The molecule has 1 aromatic heterocycles. The molecule has 2 unspecified atom stereocenters. The van der Waals surface area contributed by atoms with E-state index in [2.05, 4.69) is 16.0 Å². The number of fused-ring (bicyclic) bond motifs is 1. The van der Waals surface area contributed by atoms with E-state index < -0.39 is 5.41 Å². The van der Waals surface area contributed by atoms with Crippen LogP contribution in [0.2, 0.25) is 0 Å². The Balaban J connectivity index is 1.76. The molecule has 0 bridgehead atoms. The Morgan fingerprint density at radius 2 is 1.95 bits per heavy atom. The van der Waals surface area contributed by atoms with Crippen molar-refractivity contribution in [1.82, 2.24) is 9.97 Å². The monoisotopic (exact) mass is 277 g/mol. The van der Waals surface area contributed by atoms with Gasteiger partial charge in [0, 0.05) is 5.92 Å². The zero-order chi connectivity index (χ0) is 14.4. The van der Waals surface area contributed by atoms with E-state index in [9.17, 15) is 9.65 Å². The number of rotatable bonds is 2. The molecular weight excluding hydrogens is 265 g/mol. The van der Waals surface area contributed by atoms with Gasteiger partial charge < -0.3 is 4.98 Å². The Morgan fingerprint density at radius 3 is 2.67 bits per heavy atom. The summed E-state index contributed by atoms with van der Waals surface area (Å²) in [6.45, 7) is 0. The van der Waals surface area contributed by atoms with Crippen LogP contribution in [-0.4, -0.2) is 9.97 Å². The second-order valence-corrected chi connectivity index (χ2v) is 5.49. The van der Waals surface area contributed by atoms with Crippen molar-refractivity contribution in [2.75, 3.05) is 0 Å². The van der Waals surface area contributed by atoms with Crippen LogP contribution in [0.15, 0.2) is 48.5 Å². The lowest BCUT2D eigenvalue weighted by atomic mass is 10.00. The predicted octanol–water partition coefficient (Wildman–Crippen LogP) is 3.65. The highest BCUT2D eigenvalue weighted by Gasteiger charge is 2.59. The lowest BCUT2D eigenvalue weighted by Gasteiger charge is -2.05. The summed E-state index contributed by atoms with van der Waals surface area (Å²) in [6.07, 6.45) is 0.717. The van der Waals surface area contributed by atoms with Crippen LogP contribution in [0.3, 0.4) is 0 Å². The number of aromatic amines is 1. The van der Waals surface area contributed by atoms with E-state index in [1.54, 1.807) is 12.1 Å². The maximum atomic E-state index is 13.0. The third-order valence-corrected chi connectivity index (χ3v) is 4.24. The third-order valence-electron chi connectivity index (χ3n) is 4.24. The van der Waals surface area contributed by atoms with Gasteiger partial charge in [-0.05, 0) is 36.2 Å². The van der Waals surface area contributed by atoms with E-state index in [1.165, 1.54) is 12.1 Å². The molecule has 2 atom stereocenters. The summed E-state index contributed by atoms with van der Waals surface area (Å²) >= 11 is 0. The van der Waals surface area contributed by atoms with E-state index in [0.29, 0.717) is 5.82 Å². The molecule has 4 rings (SSSR count). The number of halogens is 1. The number of hydrogen-bond acceptors (Lipinski definition) is 2. The van der Waals surface area contributed by atoms with Crippen molar-refractivity contribution in [3.05, 3.63) is 65.7 Å².